The standard InChI is InChI=1S/C16H32N4O3S/c1-13-6-4-8-19(11-13)14(2)10-17-16(21)18-15-7-5-9-20(12-15)24(3,22)23/h13-15H,4-12H2,1-3H3,(H2,17,18,21). The van der Waals surface area contributed by atoms with Gasteiger partial charge in [-0.3, -0.25) is 4.90 Å². The van der Waals surface area contributed by atoms with E-state index in [1.807, 2.05) is 0 Å². The molecule has 0 aromatic heterocycles. The summed E-state index contributed by atoms with van der Waals surface area (Å²) in [6, 6.07) is 0.00317. The number of hydrogen-bond acceptors (Lipinski definition) is 4. The number of nitrogens with one attached hydrogen (secondary N) is 2. The molecule has 0 aromatic carbocycles. The van der Waals surface area contributed by atoms with Crippen LogP contribution in [0.3, 0.4) is 0 Å². The Balaban J connectivity index is 1.72. The van der Waals surface area contributed by atoms with Gasteiger partial charge in [0.15, 0.2) is 0 Å². The number of urea groups is 1. The lowest BCUT2D eigenvalue weighted by Crippen LogP contribution is -2.53. The van der Waals surface area contributed by atoms with Gasteiger partial charge in [0.2, 0.25) is 10.0 Å². The molecule has 2 N–H and O–H groups in total. The maximum absolute atomic E-state index is 12.1. The molecule has 0 aromatic rings. The first-order chi connectivity index (χ1) is 11.3. The van der Waals surface area contributed by atoms with Crippen molar-refractivity contribution in [2.45, 2.75) is 51.6 Å². The van der Waals surface area contributed by atoms with Crippen molar-refractivity contribution in [3.05, 3.63) is 0 Å². The number of sulfonamides is 1. The molecule has 24 heavy (non-hydrogen) atoms. The summed E-state index contributed by atoms with van der Waals surface area (Å²) in [5.41, 5.74) is 0. The van der Waals surface area contributed by atoms with Crippen molar-refractivity contribution in [3.8, 4) is 0 Å². The molecular weight excluding hydrogens is 328 g/mol. The summed E-state index contributed by atoms with van der Waals surface area (Å²) in [7, 11) is -3.19. The minimum absolute atomic E-state index is 0.112. The fourth-order valence-corrected chi connectivity index (χ4v) is 4.50. The van der Waals surface area contributed by atoms with E-state index >= 15 is 0 Å². The van der Waals surface area contributed by atoms with Gasteiger partial charge >= 0.3 is 6.03 Å². The Morgan fingerprint density at radius 2 is 1.92 bits per heavy atom. The van der Waals surface area contributed by atoms with Crippen molar-refractivity contribution in [3.63, 3.8) is 0 Å². The first-order valence-corrected chi connectivity index (χ1v) is 10.8. The zero-order valence-electron chi connectivity index (χ0n) is 15.1. The molecule has 2 heterocycles. The van der Waals surface area contributed by atoms with E-state index in [4.69, 9.17) is 0 Å². The van der Waals surface area contributed by atoms with E-state index in [-0.39, 0.29) is 12.1 Å². The Hall–Kier alpha value is -0.860. The van der Waals surface area contributed by atoms with E-state index in [0.29, 0.717) is 25.7 Å². The summed E-state index contributed by atoms with van der Waals surface area (Å²) in [4.78, 5) is 14.5. The summed E-state index contributed by atoms with van der Waals surface area (Å²) in [6.07, 6.45) is 5.33. The smallest absolute Gasteiger partial charge is 0.315 e. The Morgan fingerprint density at radius 1 is 1.21 bits per heavy atom. The van der Waals surface area contributed by atoms with E-state index in [0.717, 1.165) is 31.8 Å². The van der Waals surface area contributed by atoms with E-state index in [9.17, 15) is 13.2 Å². The Morgan fingerprint density at radius 3 is 2.58 bits per heavy atom. The molecule has 2 fully saturated rings. The molecule has 0 spiro atoms. The van der Waals surface area contributed by atoms with Gasteiger partial charge in [0.25, 0.3) is 0 Å². The lowest BCUT2D eigenvalue weighted by molar-refractivity contribution is 0.137. The second kappa shape index (κ2) is 8.49. The number of rotatable bonds is 5. The van der Waals surface area contributed by atoms with Gasteiger partial charge in [-0.25, -0.2) is 17.5 Å². The number of carbonyl (C=O) groups is 1. The van der Waals surface area contributed by atoms with Crippen LogP contribution in [-0.4, -0.2) is 74.7 Å². The fraction of sp³-hybridized carbons (Fsp3) is 0.938. The second-order valence-corrected chi connectivity index (χ2v) is 9.39. The van der Waals surface area contributed by atoms with Crippen LogP contribution < -0.4 is 10.6 Å². The maximum atomic E-state index is 12.1. The van der Waals surface area contributed by atoms with Gasteiger partial charge in [-0.2, -0.15) is 0 Å². The molecule has 8 heteroatoms. The summed E-state index contributed by atoms with van der Waals surface area (Å²) >= 11 is 0. The number of carbonyl (C=O) groups excluding carboxylic acids is 1. The summed E-state index contributed by atoms with van der Waals surface area (Å²) in [5, 5.41) is 5.85. The van der Waals surface area contributed by atoms with Crippen molar-refractivity contribution < 1.29 is 13.2 Å². The number of nitrogens with zero attached hydrogens (tertiary/aromatic N) is 2. The number of piperidine rings is 2. The van der Waals surface area contributed by atoms with Crippen LogP contribution in [0.1, 0.15) is 39.5 Å². The zero-order valence-corrected chi connectivity index (χ0v) is 15.9. The van der Waals surface area contributed by atoms with Crippen molar-refractivity contribution >= 4 is 16.1 Å². The average molecular weight is 361 g/mol. The molecule has 7 nitrogen and oxygen atoms in total. The number of hydrogen-bond donors (Lipinski definition) is 2. The highest BCUT2D eigenvalue weighted by Gasteiger charge is 2.27. The normalized spacial score (nSPS) is 28.3. The SMILES string of the molecule is CC1CCCN(C(C)CNC(=O)NC2CCCN(S(C)(=O)=O)C2)C1. The fourth-order valence-electron chi connectivity index (χ4n) is 3.59. The van der Waals surface area contributed by atoms with Crippen LogP contribution >= 0.6 is 0 Å². The summed E-state index contributed by atoms with van der Waals surface area (Å²) in [5.74, 6) is 0.722. The quantitative estimate of drug-likeness (QED) is 0.761. The van der Waals surface area contributed by atoms with Crippen LogP contribution in [0.15, 0.2) is 0 Å². The molecule has 0 radical (unpaired) electrons. The molecule has 2 amide bonds. The molecule has 0 saturated carbocycles. The van der Waals surface area contributed by atoms with Crippen LogP contribution in [0.25, 0.3) is 0 Å². The lowest BCUT2D eigenvalue weighted by Gasteiger charge is -2.36. The topological polar surface area (TPSA) is 81.8 Å². The number of likely N-dealkylation sites (tertiary alicyclic amines) is 1. The van der Waals surface area contributed by atoms with Crippen LogP contribution in [0.4, 0.5) is 4.79 Å². The van der Waals surface area contributed by atoms with Crippen LogP contribution in [0.5, 0.6) is 0 Å². The predicted molar refractivity (Wildman–Crippen MR) is 95.4 cm³/mol. The maximum Gasteiger partial charge on any atom is 0.315 e. The highest BCUT2D eigenvalue weighted by Crippen LogP contribution is 2.17. The zero-order chi connectivity index (χ0) is 17.7. The van der Waals surface area contributed by atoms with E-state index in [1.54, 1.807) is 0 Å². The van der Waals surface area contributed by atoms with Gasteiger partial charge in [0.05, 0.1) is 6.26 Å². The van der Waals surface area contributed by atoms with Gasteiger partial charge in [-0.1, -0.05) is 6.92 Å². The summed E-state index contributed by atoms with van der Waals surface area (Å²) in [6.45, 7) is 8.13. The minimum Gasteiger partial charge on any atom is -0.337 e. The molecule has 3 unspecified atom stereocenters. The first-order valence-electron chi connectivity index (χ1n) is 8.99. The highest BCUT2D eigenvalue weighted by atomic mass is 32.2. The molecular formula is C16H32N4O3S. The monoisotopic (exact) mass is 360 g/mol. The Labute approximate surface area is 146 Å². The van der Waals surface area contributed by atoms with Crippen LogP contribution in [-0.2, 0) is 10.0 Å². The van der Waals surface area contributed by atoms with Gasteiger partial charge in [0, 0.05) is 38.3 Å². The molecule has 140 valence electrons. The van der Waals surface area contributed by atoms with Crippen LogP contribution in [0.2, 0.25) is 0 Å². The molecule has 3 atom stereocenters. The predicted octanol–water partition coefficient (Wildman–Crippen LogP) is 0.830. The molecule has 2 saturated heterocycles. The van der Waals surface area contributed by atoms with Gasteiger partial charge in [-0.15, -0.1) is 0 Å². The van der Waals surface area contributed by atoms with Crippen LogP contribution in [0, 0.1) is 5.92 Å². The van der Waals surface area contributed by atoms with Gasteiger partial charge in [0.1, 0.15) is 0 Å². The molecule has 2 aliphatic heterocycles. The van der Waals surface area contributed by atoms with E-state index in [1.165, 1.54) is 23.4 Å². The van der Waals surface area contributed by atoms with Crippen molar-refractivity contribution in [1.82, 2.24) is 19.8 Å². The van der Waals surface area contributed by atoms with Gasteiger partial charge < -0.3 is 10.6 Å². The third-order valence-electron chi connectivity index (χ3n) is 5.06. The van der Waals surface area contributed by atoms with Crippen molar-refractivity contribution in [2.24, 2.45) is 5.92 Å². The largest absolute Gasteiger partial charge is 0.337 e. The summed E-state index contributed by atoms with van der Waals surface area (Å²) < 4.78 is 24.7. The third-order valence-corrected chi connectivity index (χ3v) is 6.33. The molecule has 2 rings (SSSR count). The number of amides is 2. The average Bonchev–Trinajstić information content (AvgIpc) is 2.52. The highest BCUT2D eigenvalue weighted by molar-refractivity contribution is 7.88. The molecule has 2 aliphatic rings. The third kappa shape index (κ3) is 5.89. The van der Waals surface area contributed by atoms with E-state index in [2.05, 4.69) is 29.4 Å². The molecule has 0 aliphatic carbocycles. The Bertz CT molecular complexity index is 525. The van der Waals surface area contributed by atoms with E-state index < -0.39 is 10.0 Å². The minimum atomic E-state index is -3.19. The first kappa shape index (κ1) is 19.5. The molecule has 0 bridgehead atoms. The second-order valence-electron chi connectivity index (χ2n) is 7.41. The van der Waals surface area contributed by atoms with Crippen molar-refractivity contribution in [1.29, 1.82) is 0 Å². The lowest BCUT2D eigenvalue weighted by atomic mass is 9.99. The van der Waals surface area contributed by atoms with Crippen molar-refractivity contribution in [2.75, 3.05) is 39.0 Å². The Kier molecular flexibility index (Phi) is 6.88. The van der Waals surface area contributed by atoms with Gasteiger partial charge in [-0.05, 0) is 45.1 Å².